The molecule has 2 aromatic carbocycles. The number of nitrogens with one attached hydrogen (secondary N) is 1. The van der Waals surface area contributed by atoms with Crippen LogP contribution < -0.4 is 19.5 Å². The molecule has 122 valence electrons. The highest BCUT2D eigenvalue weighted by Gasteiger charge is 2.14. The van der Waals surface area contributed by atoms with Crippen LogP contribution in [0.1, 0.15) is 5.56 Å². The maximum Gasteiger partial charge on any atom is 0.228 e. The van der Waals surface area contributed by atoms with Crippen LogP contribution in [-0.2, 0) is 11.2 Å². The number of carbonyl (C=O) groups is 1. The van der Waals surface area contributed by atoms with Gasteiger partial charge in [-0.05, 0) is 17.7 Å². The standard InChI is InChI=1S/C17H18ClNO4/c1-21-14-9-13(10-15(22-2)17(14)23-3)19-16(20)8-11-5-4-6-12(18)7-11/h4-7,9-10H,8H2,1-3H3,(H,19,20). The minimum absolute atomic E-state index is 0.165. The second-order valence-electron chi connectivity index (χ2n) is 4.77. The van der Waals surface area contributed by atoms with E-state index in [0.717, 1.165) is 5.56 Å². The summed E-state index contributed by atoms with van der Waals surface area (Å²) < 4.78 is 15.8. The largest absolute Gasteiger partial charge is 0.493 e. The first-order valence-corrected chi connectivity index (χ1v) is 7.29. The lowest BCUT2D eigenvalue weighted by Crippen LogP contribution is -2.14. The van der Waals surface area contributed by atoms with Crippen molar-refractivity contribution in [3.05, 3.63) is 47.0 Å². The van der Waals surface area contributed by atoms with Gasteiger partial charge >= 0.3 is 0 Å². The van der Waals surface area contributed by atoms with Gasteiger partial charge in [-0.25, -0.2) is 0 Å². The van der Waals surface area contributed by atoms with E-state index in [0.29, 0.717) is 28.0 Å². The molecule has 1 amide bonds. The molecular formula is C17H18ClNO4. The first kappa shape index (κ1) is 17.0. The van der Waals surface area contributed by atoms with Crippen molar-refractivity contribution in [1.29, 1.82) is 0 Å². The molecule has 0 saturated heterocycles. The SMILES string of the molecule is COc1cc(NC(=O)Cc2cccc(Cl)c2)cc(OC)c1OC. The van der Waals surface area contributed by atoms with Gasteiger partial charge in [-0.15, -0.1) is 0 Å². The van der Waals surface area contributed by atoms with Crippen LogP contribution in [0, 0.1) is 0 Å². The molecule has 0 spiro atoms. The Morgan fingerprint density at radius 3 is 2.22 bits per heavy atom. The Labute approximate surface area is 140 Å². The van der Waals surface area contributed by atoms with Crippen molar-refractivity contribution in [3.63, 3.8) is 0 Å². The Morgan fingerprint density at radius 2 is 1.70 bits per heavy atom. The number of hydrogen-bond donors (Lipinski definition) is 1. The molecule has 0 saturated carbocycles. The zero-order valence-electron chi connectivity index (χ0n) is 13.2. The number of halogens is 1. The minimum atomic E-state index is -0.165. The Balaban J connectivity index is 2.17. The summed E-state index contributed by atoms with van der Waals surface area (Å²) in [5, 5.41) is 3.41. The number of carbonyl (C=O) groups excluding carboxylic acids is 1. The highest BCUT2D eigenvalue weighted by Crippen LogP contribution is 2.39. The summed E-state index contributed by atoms with van der Waals surface area (Å²) in [6.45, 7) is 0. The van der Waals surface area contributed by atoms with E-state index in [4.69, 9.17) is 25.8 Å². The normalized spacial score (nSPS) is 10.1. The molecule has 0 heterocycles. The number of rotatable bonds is 6. The number of hydrogen-bond acceptors (Lipinski definition) is 4. The third-order valence-corrected chi connectivity index (χ3v) is 3.44. The average molecular weight is 336 g/mol. The van der Waals surface area contributed by atoms with E-state index in [-0.39, 0.29) is 12.3 Å². The van der Waals surface area contributed by atoms with Crippen LogP contribution in [0.3, 0.4) is 0 Å². The van der Waals surface area contributed by atoms with Gasteiger partial charge in [0.15, 0.2) is 11.5 Å². The summed E-state index contributed by atoms with van der Waals surface area (Å²) in [6.07, 6.45) is 0.219. The predicted molar refractivity (Wildman–Crippen MR) is 89.9 cm³/mol. The highest BCUT2D eigenvalue weighted by atomic mass is 35.5. The van der Waals surface area contributed by atoms with Crippen molar-refractivity contribution in [2.75, 3.05) is 26.6 Å². The molecule has 0 bridgehead atoms. The number of ether oxygens (including phenoxy) is 3. The van der Waals surface area contributed by atoms with E-state index in [2.05, 4.69) is 5.32 Å². The van der Waals surface area contributed by atoms with Gasteiger partial charge in [0.1, 0.15) is 0 Å². The zero-order chi connectivity index (χ0) is 16.8. The fourth-order valence-corrected chi connectivity index (χ4v) is 2.40. The van der Waals surface area contributed by atoms with E-state index in [1.807, 2.05) is 12.1 Å². The summed E-state index contributed by atoms with van der Waals surface area (Å²) in [5.74, 6) is 1.26. The molecule has 0 aliphatic rings. The summed E-state index contributed by atoms with van der Waals surface area (Å²) >= 11 is 5.92. The van der Waals surface area contributed by atoms with Gasteiger partial charge in [-0.2, -0.15) is 0 Å². The van der Waals surface area contributed by atoms with Crippen molar-refractivity contribution in [2.24, 2.45) is 0 Å². The molecule has 23 heavy (non-hydrogen) atoms. The lowest BCUT2D eigenvalue weighted by molar-refractivity contribution is -0.115. The number of benzene rings is 2. The number of methoxy groups -OCH3 is 3. The van der Waals surface area contributed by atoms with E-state index < -0.39 is 0 Å². The third kappa shape index (κ3) is 4.29. The molecule has 0 aliphatic heterocycles. The highest BCUT2D eigenvalue weighted by molar-refractivity contribution is 6.30. The first-order chi connectivity index (χ1) is 11.1. The van der Waals surface area contributed by atoms with Crippen LogP contribution in [0.15, 0.2) is 36.4 Å². The molecule has 5 nitrogen and oxygen atoms in total. The lowest BCUT2D eigenvalue weighted by atomic mass is 10.1. The Morgan fingerprint density at radius 1 is 1.04 bits per heavy atom. The molecule has 0 atom stereocenters. The maximum absolute atomic E-state index is 12.2. The van der Waals surface area contributed by atoms with Gasteiger partial charge in [-0.3, -0.25) is 4.79 Å². The molecular weight excluding hydrogens is 318 g/mol. The second-order valence-corrected chi connectivity index (χ2v) is 5.21. The zero-order valence-corrected chi connectivity index (χ0v) is 13.9. The predicted octanol–water partition coefficient (Wildman–Crippen LogP) is 3.55. The lowest BCUT2D eigenvalue weighted by Gasteiger charge is -2.14. The van der Waals surface area contributed by atoms with Gasteiger partial charge in [0.05, 0.1) is 27.8 Å². The summed E-state index contributed by atoms with van der Waals surface area (Å²) in [6, 6.07) is 10.5. The smallest absolute Gasteiger partial charge is 0.228 e. The second kappa shape index (κ2) is 7.74. The van der Waals surface area contributed by atoms with Crippen molar-refractivity contribution in [1.82, 2.24) is 0 Å². The van der Waals surface area contributed by atoms with Crippen LogP contribution in [0.25, 0.3) is 0 Å². The molecule has 2 rings (SSSR count). The summed E-state index contributed by atoms with van der Waals surface area (Å²) in [4.78, 5) is 12.2. The van der Waals surface area contributed by atoms with Crippen molar-refractivity contribution in [3.8, 4) is 17.2 Å². The van der Waals surface area contributed by atoms with E-state index in [9.17, 15) is 4.79 Å². The molecule has 1 N–H and O–H groups in total. The van der Waals surface area contributed by atoms with Crippen molar-refractivity contribution in [2.45, 2.75) is 6.42 Å². The van der Waals surface area contributed by atoms with Crippen LogP contribution in [0.5, 0.6) is 17.2 Å². The van der Waals surface area contributed by atoms with Gasteiger partial charge in [0.25, 0.3) is 0 Å². The topological polar surface area (TPSA) is 56.8 Å². The summed E-state index contributed by atoms with van der Waals surface area (Å²) in [7, 11) is 4.57. The van der Waals surface area contributed by atoms with E-state index >= 15 is 0 Å². The van der Waals surface area contributed by atoms with Crippen molar-refractivity contribution >= 4 is 23.2 Å². The van der Waals surface area contributed by atoms with Crippen LogP contribution in [0.4, 0.5) is 5.69 Å². The monoisotopic (exact) mass is 335 g/mol. The average Bonchev–Trinajstić information content (AvgIpc) is 2.53. The number of anilines is 1. The maximum atomic E-state index is 12.2. The summed E-state index contributed by atoms with van der Waals surface area (Å²) in [5.41, 5.74) is 1.40. The third-order valence-electron chi connectivity index (χ3n) is 3.20. The molecule has 0 aliphatic carbocycles. The minimum Gasteiger partial charge on any atom is -0.493 e. The molecule has 2 aromatic rings. The fourth-order valence-electron chi connectivity index (χ4n) is 2.19. The Hall–Kier alpha value is -2.40. The van der Waals surface area contributed by atoms with Crippen molar-refractivity contribution < 1.29 is 19.0 Å². The fraction of sp³-hybridized carbons (Fsp3) is 0.235. The van der Waals surface area contributed by atoms with Crippen LogP contribution in [0.2, 0.25) is 5.02 Å². The Kier molecular flexibility index (Phi) is 5.71. The molecule has 0 aromatic heterocycles. The van der Waals surface area contributed by atoms with Gasteiger partial charge in [-0.1, -0.05) is 23.7 Å². The quantitative estimate of drug-likeness (QED) is 0.877. The van der Waals surface area contributed by atoms with Gasteiger partial charge in [0, 0.05) is 22.8 Å². The molecule has 6 heteroatoms. The number of amides is 1. The Bertz CT molecular complexity index is 678. The van der Waals surface area contributed by atoms with E-state index in [1.54, 1.807) is 24.3 Å². The van der Waals surface area contributed by atoms with Gasteiger partial charge in [0.2, 0.25) is 11.7 Å². The molecule has 0 radical (unpaired) electrons. The first-order valence-electron chi connectivity index (χ1n) is 6.91. The van der Waals surface area contributed by atoms with Crippen LogP contribution >= 0.6 is 11.6 Å². The molecule has 0 unspecified atom stereocenters. The van der Waals surface area contributed by atoms with Gasteiger partial charge < -0.3 is 19.5 Å². The van der Waals surface area contributed by atoms with Crippen LogP contribution in [-0.4, -0.2) is 27.2 Å². The van der Waals surface area contributed by atoms with E-state index in [1.165, 1.54) is 21.3 Å². The molecule has 0 fully saturated rings.